The molecule has 2 aromatic rings. The molecular formula is C19H18F5N3O3. The van der Waals surface area contributed by atoms with Gasteiger partial charge >= 0.3 is 6.18 Å². The molecule has 1 aromatic carbocycles. The van der Waals surface area contributed by atoms with Gasteiger partial charge in [0.2, 0.25) is 5.82 Å². The summed E-state index contributed by atoms with van der Waals surface area (Å²) in [6.07, 6.45) is -4.04. The Kier molecular flexibility index (Phi) is 5.68. The van der Waals surface area contributed by atoms with E-state index < -0.39 is 53.0 Å². The fourth-order valence-electron chi connectivity index (χ4n) is 3.60. The molecule has 1 fully saturated rings. The largest absolute Gasteiger partial charge is 0.493 e. The van der Waals surface area contributed by atoms with Crippen LogP contribution < -0.4 is 10.1 Å². The molecule has 1 saturated heterocycles. The number of hydrogen-bond donors (Lipinski definition) is 1. The zero-order valence-electron chi connectivity index (χ0n) is 16.1. The number of alkyl halides is 3. The van der Waals surface area contributed by atoms with Crippen molar-refractivity contribution in [2.75, 3.05) is 12.4 Å². The molecule has 1 aliphatic rings. The van der Waals surface area contributed by atoms with Crippen molar-refractivity contribution >= 4 is 11.7 Å². The summed E-state index contributed by atoms with van der Waals surface area (Å²) >= 11 is 0. The number of nitrogens with zero attached hydrogens (tertiary/aromatic N) is 2. The summed E-state index contributed by atoms with van der Waals surface area (Å²) in [5.74, 6) is -6.68. The van der Waals surface area contributed by atoms with Crippen LogP contribution in [-0.4, -0.2) is 40.9 Å². The van der Waals surface area contributed by atoms with Gasteiger partial charge in [-0.3, -0.25) is 4.79 Å². The number of benzene rings is 1. The van der Waals surface area contributed by atoms with Crippen LogP contribution in [-0.2, 0) is 9.53 Å². The Morgan fingerprint density at radius 1 is 1.27 bits per heavy atom. The fourth-order valence-corrected chi connectivity index (χ4v) is 3.60. The topological polar surface area (TPSA) is 73.3 Å². The Morgan fingerprint density at radius 3 is 2.53 bits per heavy atom. The highest BCUT2D eigenvalue weighted by Crippen LogP contribution is 2.54. The van der Waals surface area contributed by atoms with Crippen LogP contribution in [0.1, 0.15) is 25.3 Å². The van der Waals surface area contributed by atoms with Crippen LogP contribution in [0, 0.1) is 17.6 Å². The number of aromatic nitrogens is 2. The summed E-state index contributed by atoms with van der Waals surface area (Å²) in [4.78, 5) is 20.3. The molecule has 1 aromatic heterocycles. The number of carbonyl (C=O) groups is 1. The minimum atomic E-state index is -4.83. The van der Waals surface area contributed by atoms with Gasteiger partial charge in [0.1, 0.15) is 18.2 Å². The third kappa shape index (κ3) is 3.57. The molecule has 2 heterocycles. The van der Waals surface area contributed by atoms with E-state index in [0.29, 0.717) is 0 Å². The van der Waals surface area contributed by atoms with E-state index in [9.17, 15) is 26.7 Å². The summed E-state index contributed by atoms with van der Waals surface area (Å²) in [7, 11) is 1.06. The predicted molar refractivity (Wildman–Crippen MR) is 94.8 cm³/mol. The van der Waals surface area contributed by atoms with Crippen LogP contribution >= 0.6 is 0 Å². The Morgan fingerprint density at radius 2 is 1.97 bits per heavy atom. The molecule has 1 aliphatic heterocycles. The van der Waals surface area contributed by atoms with Gasteiger partial charge in [-0.2, -0.15) is 17.6 Å². The summed E-state index contributed by atoms with van der Waals surface area (Å²) in [6.45, 7) is 2.05. The second-order valence-corrected chi connectivity index (χ2v) is 7.03. The van der Waals surface area contributed by atoms with Crippen LogP contribution in [0.5, 0.6) is 5.75 Å². The number of carbonyl (C=O) groups excluding carboxylic acids is 1. The molecular weight excluding hydrogens is 413 g/mol. The molecule has 11 heteroatoms. The normalized spacial score (nSPS) is 26.5. The molecule has 3 rings (SSSR count). The number of anilines is 1. The molecule has 0 aliphatic carbocycles. The smallest absolute Gasteiger partial charge is 0.417 e. The maximum atomic E-state index is 14.3. The molecule has 0 spiro atoms. The van der Waals surface area contributed by atoms with Gasteiger partial charge in [-0.1, -0.05) is 13.0 Å². The van der Waals surface area contributed by atoms with Crippen LogP contribution in [0.3, 0.4) is 0 Å². The molecule has 162 valence electrons. The maximum absolute atomic E-state index is 14.3. The SMILES string of the molecule is COc1c([C@@H]2[C@@H](C(=O)Nc3ccncn3)O[C@](C)(C(F)(F)F)[C@@H]2C)ccc(F)c1F. The van der Waals surface area contributed by atoms with Gasteiger partial charge in [-0.15, -0.1) is 0 Å². The zero-order valence-corrected chi connectivity index (χ0v) is 16.1. The van der Waals surface area contributed by atoms with E-state index in [4.69, 9.17) is 9.47 Å². The van der Waals surface area contributed by atoms with E-state index >= 15 is 0 Å². The number of hydrogen-bond acceptors (Lipinski definition) is 5. The Hall–Kier alpha value is -2.82. The van der Waals surface area contributed by atoms with Gasteiger partial charge in [0, 0.05) is 23.6 Å². The average Bonchev–Trinajstić information content (AvgIpc) is 2.97. The minimum Gasteiger partial charge on any atom is -0.493 e. The van der Waals surface area contributed by atoms with Gasteiger partial charge in [0.25, 0.3) is 5.91 Å². The molecule has 1 amide bonds. The first-order chi connectivity index (χ1) is 14.0. The summed E-state index contributed by atoms with van der Waals surface area (Å²) in [5.41, 5.74) is -2.83. The van der Waals surface area contributed by atoms with Crippen LogP contribution in [0.25, 0.3) is 0 Å². The zero-order chi connectivity index (χ0) is 22.3. The van der Waals surface area contributed by atoms with Crippen molar-refractivity contribution in [2.45, 2.75) is 37.6 Å². The third-order valence-electron chi connectivity index (χ3n) is 5.40. The number of rotatable bonds is 4. The van der Waals surface area contributed by atoms with Crippen molar-refractivity contribution in [2.24, 2.45) is 5.92 Å². The molecule has 6 nitrogen and oxygen atoms in total. The van der Waals surface area contributed by atoms with Gasteiger partial charge in [-0.05, 0) is 19.1 Å². The van der Waals surface area contributed by atoms with Crippen molar-refractivity contribution in [1.82, 2.24) is 9.97 Å². The number of amides is 1. The van der Waals surface area contributed by atoms with Gasteiger partial charge < -0.3 is 14.8 Å². The molecule has 4 atom stereocenters. The van der Waals surface area contributed by atoms with Crippen molar-refractivity contribution in [1.29, 1.82) is 0 Å². The quantitative estimate of drug-likeness (QED) is 0.745. The molecule has 0 radical (unpaired) electrons. The van der Waals surface area contributed by atoms with E-state index in [0.717, 1.165) is 32.5 Å². The lowest BCUT2D eigenvalue weighted by Crippen LogP contribution is -2.47. The molecule has 0 saturated carbocycles. The Balaban J connectivity index is 2.09. The number of halogens is 5. The third-order valence-corrected chi connectivity index (χ3v) is 5.40. The van der Waals surface area contributed by atoms with Gasteiger partial charge in [0.15, 0.2) is 17.2 Å². The van der Waals surface area contributed by atoms with Crippen LogP contribution in [0.2, 0.25) is 0 Å². The second-order valence-electron chi connectivity index (χ2n) is 7.03. The second kappa shape index (κ2) is 7.78. The fraction of sp³-hybridized carbons (Fsp3) is 0.421. The van der Waals surface area contributed by atoms with Gasteiger partial charge in [-0.25, -0.2) is 14.4 Å². The Labute approximate surface area is 168 Å². The number of nitrogens with one attached hydrogen (secondary N) is 1. The molecule has 0 bridgehead atoms. The molecule has 30 heavy (non-hydrogen) atoms. The average molecular weight is 431 g/mol. The Bertz CT molecular complexity index is 941. The lowest BCUT2D eigenvalue weighted by molar-refractivity contribution is -0.272. The standard InChI is InChI=1S/C19H18F5N3O3/c1-9-13(10-4-5-11(20)14(21)15(10)29-3)16(30-18(9,2)19(22,23)24)17(28)27-12-6-7-25-8-26-12/h4-9,13,16H,1-3H3,(H,25,26,27,28)/t9-,13-,16+,18+/m1/s1. The van der Waals surface area contributed by atoms with Crippen LogP contribution in [0.15, 0.2) is 30.7 Å². The highest BCUT2D eigenvalue weighted by molar-refractivity contribution is 5.94. The minimum absolute atomic E-state index is 0.0443. The first kappa shape index (κ1) is 21.9. The van der Waals surface area contributed by atoms with Crippen molar-refractivity contribution < 1.29 is 36.2 Å². The lowest BCUT2D eigenvalue weighted by Gasteiger charge is -2.32. The summed E-state index contributed by atoms with van der Waals surface area (Å²) in [5, 5.41) is 2.37. The first-order valence-electron chi connectivity index (χ1n) is 8.84. The molecule has 1 N–H and O–H groups in total. The number of ether oxygens (including phenoxy) is 2. The van der Waals surface area contributed by atoms with E-state index in [1.165, 1.54) is 19.2 Å². The predicted octanol–water partition coefficient (Wildman–Crippen LogP) is 3.84. The maximum Gasteiger partial charge on any atom is 0.417 e. The van der Waals surface area contributed by atoms with Gasteiger partial charge in [0.05, 0.1) is 7.11 Å². The highest BCUT2D eigenvalue weighted by Gasteiger charge is 2.65. The van der Waals surface area contributed by atoms with E-state index in [1.54, 1.807) is 0 Å². The lowest BCUT2D eigenvalue weighted by atomic mass is 9.77. The molecule has 0 unspecified atom stereocenters. The van der Waals surface area contributed by atoms with Crippen molar-refractivity contribution in [3.8, 4) is 5.75 Å². The van der Waals surface area contributed by atoms with Crippen molar-refractivity contribution in [3.63, 3.8) is 0 Å². The van der Waals surface area contributed by atoms with Crippen molar-refractivity contribution in [3.05, 3.63) is 47.9 Å². The monoisotopic (exact) mass is 431 g/mol. The van der Waals surface area contributed by atoms with E-state index in [-0.39, 0.29) is 11.4 Å². The van der Waals surface area contributed by atoms with Crippen LogP contribution in [0.4, 0.5) is 27.8 Å². The van der Waals surface area contributed by atoms with E-state index in [2.05, 4.69) is 15.3 Å². The summed E-state index contributed by atoms with van der Waals surface area (Å²) < 4.78 is 79.6. The number of methoxy groups -OCH3 is 1. The van der Waals surface area contributed by atoms with E-state index in [1.807, 2.05) is 0 Å². The summed E-state index contributed by atoms with van der Waals surface area (Å²) in [6, 6.07) is 3.20. The highest BCUT2D eigenvalue weighted by atomic mass is 19.4. The first-order valence-corrected chi connectivity index (χ1v) is 8.84.